The fourth-order valence-electron chi connectivity index (χ4n) is 2.94. The molecule has 1 heterocycles. The molecular formula is C15H23NO. The zero-order valence-electron chi connectivity index (χ0n) is 11.0. The molecule has 94 valence electrons. The van der Waals surface area contributed by atoms with E-state index in [0.717, 1.165) is 18.2 Å². The second-order valence-electron chi connectivity index (χ2n) is 5.96. The smallest absolute Gasteiger partial charge is 0.117 e. The second-order valence-corrected chi connectivity index (χ2v) is 5.96. The summed E-state index contributed by atoms with van der Waals surface area (Å²) in [6.07, 6.45) is 6.58. The van der Waals surface area contributed by atoms with Gasteiger partial charge in [-0.05, 0) is 50.2 Å². The molecular weight excluding hydrogens is 210 g/mol. The van der Waals surface area contributed by atoms with E-state index in [0.29, 0.717) is 11.5 Å². The highest BCUT2D eigenvalue weighted by atomic mass is 16.3. The average molecular weight is 233 g/mol. The van der Waals surface area contributed by atoms with E-state index in [1.165, 1.54) is 37.9 Å². The highest BCUT2D eigenvalue weighted by molar-refractivity contribution is 5.17. The lowest BCUT2D eigenvalue weighted by Gasteiger charge is -2.42. The molecule has 2 nitrogen and oxygen atoms in total. The largest absolute Gasteiger partial charge is 0.464 e. The minimum absolute atomic E-state index is 0.416. The van der Waals surface area contributed by atoms with E-state index in [9.17, 15) is 0 Å². The molecule has 2 unspecified atom stereocenters. The van der Waals surface area contributed by atoms with Crippen LogP contribution in [0.25, 0.3) is 0 Å². The third-order valence-corrected chi connectivity index (χ3v) is 4.78. The number of rotatable bonds is 5. The summed E-state index contributed by atoms with van der Waals surface area (Å²) in [6.45, 7) is 5.48. The maximum atomic E-state index is 5.92. The van der Waals surface area contributed by atoms with E-state index in [-0.39, 0.29) is 0 Å². The van der Waals surface area contributed by atoms with E-state index < -0.39 is 0 Å². The molecule has 0 radical (unpaired) electrons. The fraction of sp³-hybridized carbons (Fsp3) is 0.733. The number of nitrogens with one attached hydrogen (secondary N) is 1. The summed E-state index contributed by atoms with van der Waals surface area (Å²) in [5.74, 6) is 3.84. The van der Waals surface area contributed by atoms with E-state index in [4.69, 9.17) is 4.42 Å². The zero-order valence-corrected chi connectivity index (χ0v) is 11.0. The molecule has 0 saturated heterocycles. The van der Waals surface area contributed by atoms with Gasteiger partial charge in [-0.3, -0.25) is 0 Å². The van der Waals surface area contributed by atoms with E-state index in [1.807, 2.05) is 0 Å². The molecule has 2 aliphatic rings. The van der Waals surface area contributed by atoms with Crippen molar-refractivity contribution in [1.29, 1.82) is 0 Å². The van der Waals surface area contributed by atoms with Gasteiger partial charge in [0.05, 0.1) is 6.54 Å². The standard InChI is InChI=1S/C15H23NO/c1-3-15(7-4-8-15)16-10-12-5-6-14(17-12)13-9-11(13)2/h5-6,11,13,16H,3-4,7-10H2,1-2H3. The molecule has 0 aliphatic heterocycles. The third-order valence-electron chi connectivity index (χ3n) is 4.78. The predicted molar refractivity (Wildman–Crippen MR) is 68.9 cm³/mol. The quantitative estimate of drug-likeness (QED) is 0.836. The van der Waals surface area contributed by atoms with Gasteiger partial charge in [0, 0.05) is 11.5 Å². The first-order valence-corrected chi connectivity index (χ1v) is 7.06. The fourth-order valence-corrected chi connectivity index (χ4v) is 2.94. The molecule has 1 aromatic heterocycles. The highest BCUT2D eigenvalue weighted by Crippen LogP contribution is 2.47. The van der Waals surface area contributed by atoms with Crippen molar-refractivity contribution in [1.82, 2.24) is 5.32 Å². The Hall–Kier alpha value is -0.760. The molecule has 0 spiro atoms. The summed E-state index contributed by atoms with van der Waals surface area (Å²) in [4.78, 5) is 0. The first-order chi connectivity index (χ1) is 8.22. The summed E-state index contributed by atoms with van der Waals surface area (Å²) in [6, 6.07) is 4.32. The predicted octanol–water partition coefficient (Wildman–Crippen LogP) is 3.83. The Morgan fingerprint density at radius 3 is 2.71 bits per heavy atom. The van der Waals surface area contributed by atoms with E-state index >= 15 is 0 Å². The van der Waals surface area contributed by atoms with Crippen molar-refractivity contribution in [3.05, 3.63) is 23.7 Å². The van der Waals surface area contributed by atoms with Crippen LogP contribution in [0.4, 0.5) is 0 Å². The van der Waals surface area contributed by atoms with Crippen molar-refractivity contribution >= 4 is 0 Å². The van der Waals surface area contributed by atoms with Crippen molar-refractivity contribution in [2.24, 2.45) is 5.92 Å². The summed E-state index contributed by atoms with van der Waals surface area (Å²) < 4.78 is 5.92. The molecule has 2 heteroatoms. The van der Waals surface area contributed by atoms with Crippen LogP contribution in [0.3, 0.4) is 0 Å². The summed E-state index contributed by atoms with van der Waals surface area (Å²) in [5, 5.41) is 3.69. The molecule has 2 fully saturated rings. The van der Waals surface area contributed by atoms with Crippen LogP contribution >= 0.6 is 0 Å². The van der Waals surface area contributed by atoms with Crippen molar-refractivity contribution in [2.75, 3.05) is 0 Å². The molecule has 1 aromatic rings. The monoisotopic (exact) mass is 233 g/mol. The first kappa shape index (κ1) is 11.3. The minimum atomic E-state index is 0.416. The van der Waals surface area contributed by atoms with E-state index in [1.54, 1.807) is 0 Å². The molecule has 2 aliphatic carbocycles. The Kier molecular flexibility index (Phi) is 2.78. The Bertz CT molecular complexity index is 386. The van der Waals surface area contributed by atoms with Crippen LogP contribution in [0.2, 0.25) is 0 Å². The lowest BCUT2D eigenvalue weighted by atomic mass is 9.75. The van der Waals surface area contributed by atoms with Crippen LogP contribution in [0.15, 0.2) is 16.5 Å². The molecule has 3 rings (SSSR count). The van der Waals surface area contributed by atoms with Gasteiger partial charge in [-0.2, -0.15) is 0 Å². The number of furan rings is 1. The SMILES string of the molecule is CCC1(NCc2ccc(C3CC3C)o2)CCC1. The van der Waals surface area contributed by atoms with Gasteiger partial charge in [0.1, 0.15) is 11.5 Å². The van der Waals surface area contributed by atoms with Gasteiger partial charge in [0.25, 0.3) is 0 Å². The molecule has 1 N–H and O–H groups in total. The van der Waals surface area contributed by atoms with Gasteiger partial charge in [-0.1, -0.05) is 13.8 Å². The second kappa shape index (κ2) is 4.16. The highest BCUT2D eigenvalue weighted by Gasteiger charge is 2.37. The maximum absolute atomic E-state index is 5.92. The Balaban J connectivity index is 1.56. The van der Waals surface area contributed by atoms with Crippen LogP contribution in [0, 0.1) is 5.92 Å². The Morgan fingerprint density at radius 2 is 2.18 bits per heavy atom. The first-order valence-electron chi connectivity index (χ1n) is 7.06. The van der Waals surface area contributed by atoms with Gasteiger partial charge in [-0.25, -0.2) is 0 Å². The van der Waals surface area contributed by atoms with Crippen LogP contribution in [0.1, 0.15) is 63.4 Å². The summed E-state index contributed by atoms with van der Waals surface area (Å²) in [7, 11) is 0. The van der Waals surface area contributed by atoms with Crippen LogP contribution in [-0.2, 0) is 6.54 Å². The Labute approximate surface area is 104 Å². The molecule has 0 bridgehead atoms. The third kappa shape index (κ3) is 2.15. The normalized spacial score (nSPS) is 30.0. The van der Waals surface area contributed by atoms with Crippen LogP contribution < -0.4 is 5.32 Å². The van der Waals surface area contributed by atoms with Crippen molar-refractivity contribution in [3.8, 4) is 0 Å². The summed E-state index contributed by atoms with van der Waals surface area (Å²) in [5.41, 5.74) is 0.416. The van der Waals surface area contributed by atoms with Crippen molar-refractivity contribution < 1.29 is 4.42 Å². The van der Waals surface area contributed by atoms with Gasteiger partial charge in [-0.15, -0.1) is 0 Å². The van der Waals surface area contributed by atoms with Gasteiger partial charge in [0.2, 0.25) is 0 Å². The molecule has 0 amide bonds. The van der Waals surface area contributed by atoms with Gasteiger partial charge < -0.3 is 9.73 Å². The van der Waals surface area contributed by atoms with Crippen molar-refractivity contribution in [2.45, 2.75) is 64.0 Å². The number of hydrogen-bond donors (Lipinski definition) is 1. The molecule has 2 atom stereocenters. The summed E-state index contributed by atoms with van der Waals surface area (Å²) >= 11 is 0. The van der Waals surface area contributed by atoms with Crippen LogP contribution in [-0.4, -0.2) is 5.54 Å². The zero-order chi connectivity index (χ0) is 11.9. The van der Waals surface area contributed by atoms with Gasteiger partial charge in [0.15, 0.2) is 0 Å². The minimum Gasteiger partial charge on any atom is -0.464 e. The van der Waals surface area contributed by atoms with Crippen molar-refractivity contribution in [3.63, 3.8) is 0 Å². The van der Waals surface area contributed by atoms with E-state index in [2.05, 4.69) is 31.3 Å². The number of hydrogen-bond acceptors (Lipinski definition) is 2. The lowest BCUT2D eigenvalue weighted by molar-refractivity contribution is 0.170. The molecule has 2 saturated carbocycles. The van der Waals surface area contributed by atoms with Gasteiger partial charge >= 0.3 is 0 Å². The topological polar surface area (TPSA) is 25.2 Å². The maximum Gasteiger partial charge on any atom is 0.117 e. The van der Waals surface area contributed by atoms with Crippen LogP contribution in [0.5, 0.6) is 0 Å². The lowest BCUT2D eigenvalue weighted by Crippen LogP contribution is -2.49. The average Bonchev–Trinajstić information content (AvgIpc) is 2.83. The Morgan fingerprint density at radius 1 is 1.41 bits per heavy atom. The molecule has 17 heavy (non-hydrogen) atoms. The molecule has 0 aromatic carbocycles.